The van der Waals surface area contributed by atoms with Gasteiger partial charge in [0.2, 0.25) is 17.7 Å². The van der Waals surface area contributed by atoms with E-state index in [4.69, 9.17) is 0 Å². The molecule has 0 aliphatic carbocycles. The van der Waals surface area contributed by atoms with Crippen LogP contribution in [0.1, 0.15) is 77.0 Å². The molecule has 1 N–H and O–H groups in total. The van der Waals surface area contributed by atoms with Gasteiger partial charge in [-0.15, -0.1) is 0 Å². The minimum Gasteiger partial charge on any atom is -0.353 e. The lowest BCUT2D eigenvalue weighted by atomic mass is 9.77. The van der Waals surface area contributed by atoms with Crippen molar-refractivity contribution in [3.05, 3.63) is 35.5 Å². The third kappa shape index (κ3) is 6.14. The van der Waals surface area contributed by atoms with E-state index in [0.29, 0.717) is 44.0 Å². The molecular weight excluding hydrogens is 514 g/mol. The van der Waals surface area contributed by atoms with Gasteiger partial charge < -0.3 is 19.7 Å². The van der Waals surface area contributed by atoms with E-state index in [1.165, 1.54) is 0 Å². The number of carbonyl (C=O) groups excluding carboxylic acids is 3. The first-order chi connectivity index (χ1) is 19.7. The summed E-state index contributed by atoms with van der Waals surface area (Å²) < 4.78 is 1.97. The number of nitriles is 1. The van der Waals surface area contributed by atoms with E-state index in [2.05, 4.69) is 37.1 Å². The molecule has 5 atom stereocenters. The molecule has 8 heteroatoms. The van der Waals surface area contributed by atoms with Crippen molar-refractivity contribution < 1.29 is 14.4 Å². The van der Waals surface area contributed by atoms with Gasteiger partial charge in [-0.05, 0) is 68.8 Å². The first kappa shape index (κ1) is 29.2. The lowest BCUT2D eigenvalue weighted by Gasteiger charge is -2.51. The summed E-state index contributed by atoms with van der Waals surface area (Å²) in [5.41, 5.74) is 2.35. The largest absolute Gasteiger partial charge is 0.353 e. The highest BCUT2D eigenvalue weighted by Crippen LogP contribution is 2.37. The second-order valence-corrected chi connectivity index (χ2v) is 13.1. The number of fused-ring (bicyclic) bond motifs is 5. The van der Waals surface area contributed by atoms with E-state index in [9.17, 15) is 19.6 Å². The Kier molecular flexibility index (Phi) is 8.72. The highest BCUT2D eigenvalue weighted by molar-refractivity contribution is 5.89. The molecule has 2 bridgehead atoms. The summed E-state index contributed by atoms with van der Waals surface area (Å²) in [7, 11) is 0. The summed E-state index contributed by atoms with van der Waals surface area (Å²) >= 11 is 0. The first-order valence-corrected chi connectivity index (χ1v) is 15.5. The fraction of sp³-hybridized carbons (Fsp3) is 0.636. The average Bonchev–Trinajstić information content (AvgIpc) is 3.21. The summed E-state index contributed by atoms with van der Waals surface area (Å²) in [6.45, 7) is 10.5. The Bertz CT molecular complexity index is 1340. The van der Waals surface area contributed by atoms with Crippen molar-refractivity contribution >= 4 is 28.6 Å². The van der Waals surface area contributed by atoms with E-state index in [-0.39, 0.29) is 54.1 Å². The van der Waals surface area contributed by atoms with Gasteiger partial charge in [-0.2, -0.15) is 5.26 Å². The van der Waals surface area contributed by atoms with Crippen molar-refractivity contribution in [2.24, 2.45) is 23.7 Å². The van der Waals surface area contributed by atoms with Crippen LogP contribution in [0.25, 0.3) is 10.9 Å². The fourth-order valence-electron chi connectivity index (χ4n) is 7.52. The molecule has 3 aliphatic rings. The number of benzene rings is 1. The van der Waals surface area contributed by atoms with Gasteiger partial charge in [0.05, 0.1) is 11.1 Å². The first-order valence-electron chi connectivity index (χ1n) is 15.5. The molecule has 0 saturated carbocycles. The topological polar surface area (TPSA) is 98.4 Å². The molecule has 0 radical (unpaired) electrons. The lowest BCUT2D eigenvalue weighted by molar-refractivity contribution is -0.146. The Morgan fingerprint density at radius 1 is 1.12 bits per heavy atom. The molecule has 2 aromatic rings. The van der Waals surface area contributed by atoms with Gasteiger partial charge in [0.1, 0.15) is 12.6 Å². The minimum atomic E-state index is 0.0512. The van der Waals surface area contributed by atoms with Crippen LogP contribution in [0.2, 0.25) is 0 Å². The summed E-state index contributed by atoms with van der Waals surface area (Å²) in [5.74, 6) is 1.49. The molecule has 1 aromatic carbocycles. The van der Waals surface area contributed by atoms with Crippen LogP contribution in [0, 0.1) is 41.9 Å². The Balaban J connectivity index is 1.33. The van der Waals surface area contributed by atoms with E-state index in [0.717, 1.165) is 48.7 Å². The van der Waals surface area contributed by atoms with E-state index in [1.807, 2.05) is 40.7 Å². The molecule has 8 nitrogen and oxygen atoms in total. The number of hydrogen-bond donors (Lipinski definition) is 1. The van der Waals surface area contributed by atoms with Crippen molar-refractivity contribution in [2.45, 2.75) is 91.3 Å². The molecule has 41 heavy (non-hydrogen) atoms. The summed E-state index contributed by atoms with van der Waals surface area (Å²) in [6.07, 6.45) is 5.36. The minimum absolute atomic E-state index is 0.0512. The van der Waals surface area contributed by atoms with Gasteiger partial charge in [0.15, 0.2) is 0 Å². The molecule has 0 unspecified atom stereocenters. The summed E-state index contributed by atoms with van der Waals surface area (Å²) in [4.78, 5) is 44.3. The predicted molar refractivity (Wildman–Crippen MR) is 159 cm³/mol. The Hall–Kier alpha value is -3.34. The molecule has 1 aromatic heterocycles. The Labute approximate surface area is 244 Å². The van der Waals surface area contributed by atoms with Gasteiger partial charge in [-0.25, -0.2) is 0 Å². The number of nitrogens with one attached hydrogen (secondary N) is 1. The van der Waals surface area contributed by atoms with Gasteiger partial charge >= 0.3 is 0 Å². The van der Waals surface area contributed by atoms with Crippen molar-refractivity contribution in [1.29, 1.82) is 5.26 Å². The third-order valence-electron chi connectivity index (χ3n) is 9.83. The van der Waals surface area contributed by atoms with Crippen LogP contribution in [-0.2, 0) is 20.9 Å². The number of piperidine rings is 2. The van der Waals surface area contributed by atoms with Crippen LogP contribution in [0.4, 0.5) is 0 Å². The number of aromatic nitrogens is 1. The van der Waals surface area contributed by atoms with Crippen molar-refractivity contribution in [3.8, 4) is 6.07 Å². The number of likely N-dealkylation sites (tertiary alicyclic amines) is 1. The zero-order valence-electron chi connectivity index (χ0n) is 25.1. The fourth-order valence-corrected chi connectivity index (χ4v) is 7.52. The second-order valence-electron chi connectivity index (χ2n) is 13.1. The smallest absolute Gasteiger partial charge is 0.242 e. The molecule has 3 fully saturated rings. The second kappa shape index (κ2) is 12.3. The van der Waals surface area contributed by atoms with E-state index >= 15 is 0 Å². The molecule has 4 heterocycles. The van der Waals surface area contributed by atoms with E-state index in [1.54, 1.807) is 0 Å². The normalized spacial score (nSPS) is 27.9. The highest BCUT2D eigenvalue weighted by Gasteiger charge is 2.43. The highest BCUT2D eigenvalue weighted by atomic mass is 16.2. The SMILES string of the molecule is Cc1c(C#N)c2ccccc2n1CC(=O)N1C[C@@H]2C[C@H](C1)[C@@H]1CCCC(=O)N[C@H](C(C)C)CC[C@@H](C)CC(=O)N1C2. The van der Waals surface area contributed by atoms with Crippen LogP contribution < -0.4 is 5.32 Å². The van der Waals surface area contributed by atoms with Crippen LogP contribution in [-0.4, -0.2) is 63.8 Å². The predicted octanol–water partition coefficient (Wildman–Crippen LogP) is 4.63. The van der Waals surface area contributed by atoms with Crippen LogP contribution in [0.15, 0.2) is 24.3 Å². The molecule has 3 amide bonds. The average molecular weight is 560 g/mol. The number of amides is 3. The molecular formula is C33H45N5O3. The van der Waals surface area contributed by atoms with Crippen LogP contribution in [0.5, 0.6) is 0 Å². The van der Waals surface area contributed by atoms with Gasteiger partial charge in [0.25, 0.3) is 0 Å². The lowest BCUT2D eigenvalue weighted by Crippen LogP contribution is -2.60. The Morgan fingerprint density at radius 2 is 1.90 bits per heavy atom. The molecule has 220 valence electrons. The van der Waals surface area contributed by atoms with Gasteiger partial charge in [0, 0.05) is 55.6 Å². The van der Waals surface area contributed by atoms with Crippen molar-refractivity contribution in [3.63, 3.8) is 0 Å². The standard InChI is InChI=1S/C33H45N5O3/c1-21(2)28-13-12-22(3)14-32(40)38-18-24-15-25(29(38)10-7-11-31(39)35-28)19-36(17-24)33(41)20-37-23(4)27(16-34)26-8-5-6-9-30(26)37/h5-6,8-9,21-22,24-25,28-29H,7,10-15,17-20H2,1-4H3,(H,35,39)/t22-,24+,25-,28+,29+/m1/s1. The molecule has 3 aliphatic heterocycles. The molecule has 0 spiro atoms. The zero-order valence-corrected chi connectivity index (χ0v) is 25.1. The van der Waals surface area contributed by atoms with Crippen molar-refractivity contribution in [1.82, 2.24) is 19.7 Å². The number of para-hydroxylation sites is 1. The summed E-state index contributed by atoms with van der Waals surface area (Å²) in [6, 6.07) is 10.3. The molecule has 3 saturated heterocycles. The molecule has 5 rings (SSSR count). The number of hydrogen-bond acceptors (Lipinski definition) is 4. The quantitative estimate of drug-likeness (QED) is 0.593. The number of rotatable bonds is 3. The van der Waals surface area contributed by atoms with Gasteiger partial charge in [-0.3, -0.25) is 14.4 Å². The zero-order chi connectivity index (χ0) is 29.3. The summed E-state index contributed by atoms with van der Waals surface area (Å²) in [5, 5.41) is 13.9. The van der Waals surface area contributed by atoms with Gasteiger partial charge in [-0.1, -0.05) is 39.0 Å². The van der Waals surface area contributed by atoms with Crippen LogP contribution in [0.3, 0.4) is 0 Å². The third-order valence-corrected chi connectivity index (χ3v) is 9.83. The number of nitrogens with zero attached hydrogens (tertiary/aromatic N) is 4. The monoisotopic (exact) mass is 559 g/mol. The van der Waals surface area contributed by atoms with Crippen LogP contribution >= 0.6 is 0 Å². The maximum absolute atomic E-state index is 13.7. The van der Waals surface area contributed by atoms with Crippen molar-refractivity contribution in [2.75, 3.05) is 19.6 Å². The maximum atomic E-state index is 13.7. The Morgan fingerprint density at radius 3 is 2.66 bits per heavy atom. The van der Waals surface area contributed by atoms with E-state index < -0.39 is 0 Å². The maximum Gasteiger partial charge on any atom is 0.242 e. The number of carbonyl (C=O) groups is 3.